The molecule has 144 valence electrons. The van der Waals surface area contributed by atoms with Gasteiger partial charge in [0, 0.05) is 39.1 Å². The Morgan fingerprint density at radius 1 is 1.04 bits per heavy atom. The lowest BCUT2D eigenvalue weighted by Crippen LogP contribution is -2.44. The van der Waals surface area contributed by atoms with Crippen LogP contribution in [0.2, 0.25) is 0 Å². The summed E-state index contributed by atoms with van der Waals surface area (Å²) in [7, 11) is 0. The number of aryl methyl sites for hydroxylation is 2. The molecule has 0 aliphatic carbocycles. The number of carbonyl (C=O) groups excluding carboxylic acids is 2. The average molecular weight is 360 g/mol. The summed E-state index contributed by atoms with van der Waals surface area (Å²) in [5.74, 6) is 0.185. The summed E-state index contributed by atoms with van der Waals surface area (Å²) >= 11 is 0. The molecule has 1 aromatic carbocycles. The van der Waals surface area contributed by atoms with E-state index in [1.165, 1.54) is 11.1 Å². The first kappa shape index (κ1) is 20.3. The number of urea groups is 1. The van der Waals surface area contributed by atoms with Gasteiger partial charge < -0.3 is 15.1 Å². The predicted octanol–water partition coefficient (Wildman–Crippen LogP) is 3.22. The van der Waals surface area contributed by atoms with E-state index in [4.69, 9.17) is 0 Å². The Kier molecular flexibility index (Phi) is 7.06. The van der Waals surface area contributed by atoms with Gasteiger partial charge in [-0.3, -0.25) is 4.79 Å². The van der Waals surface area contributed by atoms with Gasteiger partial charge in [0.25, 0.3) is 0 Å². The first-order chi connectivity index (χ1) is 12.3. The number of nitrogens with one attached hydrogen (secondary N) is 1. The fraction of sp³-hybridized carbons (Fsp3) is 0.619. The lowest BCUT2D eigenvalue weighted by Gasteiger charge is -2.25. The van der Waals surface area contributed by atoms with Gasteiger partial charge in [-0.1, -0.05) is 45.0 Å². The van der Waals surface area contributed by atoms with E-state index in [2.05, 4.69) is 45.1 Å². The number of carbonyl (C=O) groups is 2. The van der Waals surface area contributed by atoms with Crippen LogP contribution in [0.5, 0.6) is 0 Å². The van der Waals surface area contributed by atoms with Crippen LogP contribution in [0.15, 0.2) is 24.3 Å². The zero-order chi connectivity index (χ0) is 19.2. The number of rotatable bonds is 4. The molecule has 0 unspecified atom stereocenters. The molecule has 1 saturated heterocycles. The largest absolute Gasteiger partial charge is 0.341 e. The van der Waals surface area contributed by atoms with Crippen molar-refractivity contribution in [3.8, 4) is 0 Å². The average Bonchev–Trinajstić information content (AvgIpc) is 2.84. The number of benzene rings is 1. The van der Waals surface area contributed by atoms with E-state index in [-0.39, 0.29) is 17.4 Å². The van der Waals surface area contributed by atoms with E-state index in [0.29, 0.717) is 32.6 Å². The molecule has 26 heavy (non-hydrogen) atoms. The van der Waals surface area contributed by atoms with Crippen molar-refractivity contribution in [3.63, 3.8) is 0 Å². The highest BCUT2D eigenvalue weighted by atomic mass is 16.2. The van der Waals surface area contributed by atoms with Crippen LogP contribution in [0.25, 0.3) is 0 Å². The van der Waals surface area contributed by atoms with Gasteiger partial charge in [-0.15, -0.1) is 0 Å². The highest BCUT2D eigenvalue weighted by Gasteiger charge is 2.22. The van der Waals surface area contributed by atoms with Crippen molar-refractivity contribution in [1.82, 2.24) is 15.1 Å². The first-order valence-electron chi connectivity index (χ1n) is 9.61. The predicted molar refractivity (Wildman–Crippen MR) is 105 cm³/mol. The zero-order valence-electron chi connectivity index (χ0n) is 16.7. The minimum Gasteiger partial charge on any atom is -0.341 e. The van der Waals surface area contributed by atoms with E-state index >= 15 is 0 Å². The minimum absolute atomic E-state index is 0.0193. The van der Waals surface area contributed by atoms with Crippen LogP contribution in [0, 0.1) is 12.3 Å². The van der Waals surface area contributed by atoms with Gasteiger partial charge in [0.1, 0.15) is 0 Å². The minimum atomic E-state index is -0.0193. The summed E-state index contributed by atoms with van der Waals surface area (Å²) in [6.07, 6.45) is 2.14. The lowest BCUT2D eigenvalue weighted by molar-refractivity contribution is -0.131. The molecule has 1 heterocycles. The zero-order valence-corrected chi connectivity index (χ0v) is 16.7. The highest BCUT2D eigenvalue weighted by molar-refractivity contribution is 5.77. The fourth-order valence-electron chi connectivity index (χ4n) is 3.11. The van der Waals surface area contributed by atoms with E-state index in [1.807, 2.05) is 21.9 Å². The first-order valence-corrected chi connectivity index (χ1v) is 9.61. The summed E-state index contributed by atoms with van der Waals surface area (Å²) in [5, 5.41) is 3.00. The molecule has 1 aliphatic heterocycles. The van der Waals surface area contributed by atoms with Gasteiger partial charge in [-0.05, 0) is 36.3 Å². The third-order valence-corrected chi connectivity index (χ3v) is 4.78. The van der Waals surface area contributed by atoms with Crippen LogP contribution in [0.3, 0.4) is 0 Å². The standard InChI is InChI=1S/C21H33N3O2/c1-17-8-5-6-9-18(17)10-11-19(25)23-12-7-13-24(15-14-23)20(26)22-16-21(2,3)4/h5-6,8-9H,7,10-16H2,1-4H3,(H,22,26). The molecule has 0 bridgehead atoms. The van der Waals surface area contributed by atoms with Crippen LogP contribution in [0.1, 0.15) is 44.7 Å². The number of amides is 3. The maximum atomic E-state index is 12.6. The molecule has 1 fully saturated rings. The Hall–Kier alpha value is -2.04. The molecule has 2 rings (SSSR count). The topological polar surface area (TPSA) is 52.7 Å². The van der Waals surface area contributed by atoms with Gasteiger partial charge in [0.2, 0.25) is 5.91 Å². The molecule has 0 saturated carbocycles. The van der Waals surface area contributed by atoms with E-state index < -0.39 is 0 Å². The lowest BCUT2D eigenvalue weighted by atomic mass is 9.97. The Labute approximate surface area is 157 Å². The van der Waals surface area contributed by atoms with Crippen molar-refractivity contribution >= 4 is 11.9 Å². The van der Waals surface area contributed by atoms with Crippen molar-refractivity contribution in [2.45, 2.75) is 47.0 Å². The number of hydrogen-bond acceptors (Lipinski definition) is 2. The summed E-state index contributed by atoms with van der Waals surface area (Å²) < 4.78 is 0. The molecule has 1 aromatic rings. The SMILES string of the molecule is Cc1ccccc1CCC(=O)N1CCCN(C(=O)NCC(C)(C)C)CC1. The van der Waals surface area contributed by atoms with Crippen LogP contribution < -0.4 is 5.32 Å². The van der Waals surface area contributed by atoms with E-state index in [1.54, 1.807) is 0 Å². The maximum absolute atomic E-state index is 12.6. The van der Waals surface area contributed by atoms with Gasteiger partial charge in [0.05, 0.1) is 0 Å². The molecule has 0 aromatic heterocycles. The molecule has 5 heteroatoms. The molecule has 1 N–H and O–H groups in total. The van der Waals surface area contributed by atoms with Crippen molar-refractivity contribution in [3.05, 3.63) is 35.4 Å². The van der Waals surface area contributed by atoms with Crippen molar-refractivity contribution in [1.29, 1.82) is 0 Å². The van der Waals surface area contributed by atoms with Gasteiger partial charge in [-0.25, -0.2) is 4.79 Å². The van der Waals surface area contributed by atoms with Crippen LogP contribution >= 0.6 is 0 Å². The molecule has 0 spiro atoms. The second-order valence-corrected chi connectivity index (χ2v) is 8.37. The van der Waals surface area contributed by atoms with Crippen LogP contribution in [0.4, 0.5) is 4.79 Å². The van der Waals surface area contributed by atoms with Crippen LogP contribution in [-0.4, -0.2) is 54.5 Å². The number of hydrogen-bond donors (Lipinski definition) is 1. The molecule has 3 amide bonds. The Bertz CT molecular complexity index is 622. The second kappa shape index (κ2) is 9.06. The van der Waals surface area contributed by atoms with Crippen molar-refractivity contribution in [2.24, 2.45) is 5.41 Å². The van der Waals surface area contributed by atoms with Crippen molar-refractivity contribution < 1.29 is 9.59 Å². The third-order valence-electron chi connectivity index (χ3n) is 4.78. The Morgan fingerprint density at radius 3 is 2.38 bits per heavy atom. The monoisotopic (exact) mass is 359 g/mol. The molecule has 0 radical (unpaired) electrons. The molecular weight excluding hydrogens is 326 g/mol. The summed E-state index contributed by atoms with van der Waals surface area (Å²) in [5.41, 5.74) is 2.54. The summed E-state index contributed by atoms with van der Waals surface area (Å²) in [6, 6.07) is 8.20. The van der Waals surface area contributed by atoms with Gasteiger partial charge in [-0.2, -0.15) is 0 Å². The second-order valence-electron chi connectivity index (χ2n) is 8.37. The third kappa shape index (κ3) is 6.36. The summed E-state index contributed by atoms with van der Waals surface area (Å²) in [6.45, 7) is 11.7. The molecule has 1 aliphatic rings. The van der Waals surface area contributed by atoms with Gasteiger partial charge in [0.15, 0.2) is 0 Å². The fourth-order valence-corrected chi connectivity index (χ4v) is 3.11. The summed E-state index contributed by atoms with van der Waals surface area (Å²) in [4.78, 5) is 28.7. The maximum Gasteiger partial charge on any atom is 0.317 e. The quantitative estimate of drug-likeness (QED) is 0.897. The Balaban J connectivity index is 1.81. The normalized spacial score (nSPS) is 15.5. The molecule has 0 atom stereocenters. The highest BCUT2D eigenvalue weighted by Crippen LogP contribution is 2.13. The molecule has 5 nitrogen and oxygen atoms in total. The van der Waals surface area contributed by atoms with E-state index in [9.17, 15) is 9.59 Å². The smallest absolute Gasteiger partial charge is 0.317 e. The van der Waals surface area contributed by atoms with Crippen molar-refractivity contribution in [2.75, 3.05) is 32.7 Å². The van der Waals surface area contributed by atoms with Crippen LogP contribution in [-0.2, 0) is 11.2 Å². The van der Waals surface area contributed by atoms with E-state index in [0.717, 1.165) is 19.4 Å². The number of nitrogens with zero attached hydrogens (tertiary/aromatic N) is 2. The molecular formula is C21H33N3O2. The van der Waals surface area contributed by atoms with Gasteiger partial charge >= 0.3 is 6.03 Å². The Morgan fingerprint density at radius 2 is 1.69 bits per heavy atom.